The Morgan fingerprint density at radius 3 is 2.76 bits per heavy atom. The van der Waals surface area contributed by atoms with Crippen LogP contribution in [0.15, 0.2) is 29.6 Å². The number of nitrogen functional groups attached to an aromatic ring is 1. The van der Waals surface area contributed by atoms with Crippen molar-refractivity contribution in [3.05, 3.63) is 30.2 Å². The lowest BCUT2D eigenvalue weighted by Crippen LogP contribution is -2.50. The van der Waals surface area contributed by atoms with Gasteiger partial charge in [-0.05, 0) is 44.1 Å². The first kappa shape index (κ1) is 22.0. The number of rotatable bonds is 7. The van der Waals surface area contributed by atoms with E-state index in [-0.39, 0.29) is 34.3 Å². The van der Waals surface area contributed by atoms with Crippen LogP contribution in [0.3, 0.4) is 0 Å². The molecule has 1 atom stereocenters. The van der Waals surface area contributed by atoms with Crippen LogP contribution in [0.25, 0.3) is 0 Å². The van der Waals surface area contributed by atoms with Crippen molar-refractivity contribution >= 4 is 33.2 Å². The average Bonchev–Trinajstić information content (AvgIpc) is 3.60. The summed E-state index contributed by atoms with van der Waals surface area (Å²) in [6.45, 7) is 1.57. The van der Waals surface area contributed by atoms with Crippen molar-refractivity contribution in [2.24, 2.45) is 5.92 Å². The van der Waals surface area contributed by atoms with Crippen LogP contribution >= 0.6 is 0 Å². The average molecular weight is 474 g/mol. The third kappa shape index (κ3) is 4.50. The quantitative estimate of drug-likeness (QED) is 0.532. The van der Waals surface area contributed by atoms with E-state index < -0.39 is 15.9 Å². The molecule has 0 bridgehead atoms. The van der Waals surface area contributed by atoms with E-state index >= 15 is 0 Å². The van der Waals surface area contributed by atoms with Gasteiger partial charge in [0.1, 0.15) is 11.9 Å². The van der Waals surface area contributed by atoms with Crippen molar-refractivity contribution < 1.29 is 17.9 Å². The molecule has 1 saturated heterocycles. The number of amides is 1. The summed E-state index contributed by atoms with van der Waals surface area (Å²) in [5.41, 5.74) is 9.79. The van der Waals surface area contributed by atoms with Crippen molar-refractivity contribution in [1.29, 1.82) is 0 Å². The standard InChI is InChI=1S/C21H27N7O4S/c22-18-10-17(33(30,31)14-1-2-14)15-11-25-28(20(15)26-18)16(9-13-3-7-32-8-4-13)21(29)27-19-12-23-5-6-24-19/h5-6,10,12-14,16,25H,1-4,7-9,11H2,(H2,22,26)(H,24,27,29)/t16-/m0/s1. The van der Waals surface area contributed by atoms with E-state index in [0.29, 0.717) is 49.7 Å². The summed E-state index contributed by atoms with van der Waals surface area (Å²) in [6.07, 6.45) is 8.06. The zero-order valence-corrected chi connectivity index (χ0v) is 18.9. The number of ether oxygens (including phenoxy) is 1. The number of pyridine rings is 1. The number of carbonyl (C=O) groups excluding carboxylic acids is 1. The highest BCUT2D eigenvalue weighted by atomic mass is 32.2. The van der Waals surface area contributed by atoms with Gasteiger partial charge in [-0.3, -0.25) is 14.8 Å². The maximum Gasteiger partial charge on any atom is 0.249 e. The summed E-state index contributed by atoms with van der Waals surface area (Å²) >= 11 is 0. The molecule has 0 radical (unpaired) electrons. The van der Waals surface area contributed by atoms with Gasteiger partial charge in [0.2, 0.25) is 5.91 Å². The predicted molar refractivity (Wildman–Crippen MR) is 121 cm³/mol. The van der Waals surface area contributed by atoms with E-state index in [9.17, 15) is 13.2 Å². The number of hydrogen-bond donors (Lipinski definition) is 3. The van der Waals surface area contributed by atoms with E-state index in [4.69, 9.17) is 10.5 Å². The van der Waals surface area contributed by atoms with Crippen molar-refractivity contribution in [2.75, 3.05) is 29.3 Å². The molecule has 0 unspecified atom stereocenters. The van der Waals surface area contributed by atoms with E-state index in [0.717, 1.165) is 12.8 Å². The van der Waals surface area contributed by atoms with Gasteiger partial charge in [0, 0.05) is 37.7 Å². The monoisotopic (exact) mass is 473 g/mol. The van der Waals surface area contributed by atoms with Gasteiger partial charge < -0.3 is 15.8 Å². The zero-order valence-electron chi connectivity index (χ0n) is 18.1. The molecule has 5 rings (SSSR count). The Labute approximate surface area is 192 Å². The Kier molecular flexibility index (Phi) is 5.89. The lowest BCUT2D eigenvalue weighted by molar-refractivity contribution is -0.118. The summed E-state index contributed by atoms with van der Waals surface area (Å²) in [6, 6.07) is 0.784. The molecule has 2 aromatic heterocycles. The number of nitrogens with zero attached hydrogens (tertiary/aromatic N) is 4. The molecule has 33 heavy (non-hydrogen) atoms. The summed E-state index contributed by atoms with van der Waals surface area (Å²) in [5.74, 6) is 0.842. The number of sulfone groups is 1. The van der Waals surface area contributed by atoms with Crippen molar-refractivity contribution in [1.82, 2.24) is 20.4 Å². The molecule has 176 valence electrons. The Hall–Kier alpha value is -2.83. The lowest BCUT2D eigenvalue weighted by atomic mass is 9.92. The second kappa shape index (κ2) is 8.84. The topological polar surface area (TPSA) is 152 Å². The number of nitrogens with two attached hydrogens (primary N) is 1. The third-order valence-electron chi connectivity index (χ3n) is 6.33. The molecule has 2 aromatic rings. The van der Waals surface area contributed by atoms with Gasteiger partial charge in [-0.15, -0.1) is 0 Å². The normalized spacial score (nSPS) is 19.8. The molecule has 2 aliphatic heterocycles. The maximum atomic E-state index is 13.4. The van der Waals surface area contributed by atoms with Crippen LogP contribution in [0.1, 0.15) is 37.7 Å². The molecule has 4 heterocycles. The Bertz CT molecular complexity index is 1130. The van der Waals surface area contributed by atoms with Crippen LogP contribution < -0.4 is 21.5 Å². The van der Waals surface area contributed by atoms with Gasteiger partial charge in [0.15, 0.2) is 21.5 Å². The molecule has 4 N–H and O–H groups in total. The number of fused-ring (bicyclic) bond motifs is 1. The second-order valence-corrected chi connectivity index (χ2v) is 10.9. The minimum atomic E-state index is -3.48. The fraction of sp³-hybridized carbons (Fsp3) is 0.524. The summed E-state index contributed by atoms with van der Waals surface area (Å²) < 4.78 is 31.5. The molecule has 0 spiro atoms. The van der Waals surface area contributed by atoms with Crippen LogP contribution in [-0.2, 0) is 25.9 Å². The molecular weight excluding hydrogens is 446 g/mol. The number of hydrazine groups is 1. The molecule has 1 amide bonds. The largest absolute Gasteiger partial charge is 0.384 e. The molecule has 1 aliphatic carbocycles. The summed E-state index contributed by atoms with van der Waals surface area (Å²) in [7, 11) is -3.48. The van der Waals surface area contributed by atoms with Crippen LogP contribution in [0, 0.1) is 5.92 Å². The predicted octanol–water partition coefficient (Wildman–Crippen LogP) is 1.04. The number of nitrogens with one attached hydrogen (secondary N) is 2. The number of anilines is 3. The highest BCUT2D eigenvalue weighted by molar-refractivity contribution is 7.92. The van der Waals surface area contributed by atoms with Crippen LogP contribution in [0.5, 0.6) is 0 Å². The van der Waals surface area contributed by atoms with E-state index in [1.165, 1.54) is 24.7 Å². The second-order valence-electron chi connectivity index (χ2n) is 8.68. The molecule has 1 saturated carbocycles. The van der Waals surface area contributed by atoms with Crippen molar-refractivity contribution in [2.45, 2.75) is 54.8 Å². The summed E-state index contributed by atoms with van der Waals surface area (Å²) in [5, 5.41) is 4.12. The third-order valence-corrected chi connectivity index (χ3v) is 8.66. The van der Waals surface area contributed by atoms with Crippen molar-refractivity contribution in [3.8, 4) is 0 Å². The SMILES string of the molecule is Nc1cc(S(=O)(=O)C2CC2)c2c(n1)N([C@@H](CC1CCOCC1)C(=O)Nc1cnccn1)NC2. The Morgan fingerprint density at radius 2 is 2.06 bits per heavy atom. The van der Waals surface area contributed by atoms with Gasteiger partial charge in [-0.1, -0.05) is 0 Å². The summed E-state index contributed by atoms with van der Waals surface area (Å²) in [4.78, 5) is 26.2. The highest BCUT2D eigenvalue weighted by Crippen LogP contribution is 2.40. The zero-order chi connectivity index (χ0) is 23.0. The molecule has 12 heteroatoms. The van der Waals surface area contributed by atoms with Gasteiger partial charge in [-0.25, -0.2) is 23.8 Å². The minimum absolute atomic E-state index is 0.112. The molecule has 11 nitrogen and oxygen atoms in total. The van der Waals surface area contributed by atoms with Gasteiger partial charge in [0.05, 0.1) is 16.3 Å². The Morgan fingerprint density at radius 1 is 1.27 bits per heavy atom. The molecule has 2 fully saturated rings. The van der Waals surface area contributed by atoms with Crippen LogP contribution in [0.4, 0.5) is 17.5 Å². The molecule has 0 aromatic carbocycles. The molecular formula is C21H27N7O4S. The van der Waals surface area contributed by atoms with Crippen molar-refractivity contribution in [3.63, 3.8) is 0 Å². The van der Waals surface area contributed by atoms with E-state index in [1.54, 1.807) is 5.01 Å². The number of hydrogen-bond acceptors (Lipinski definition) is 10. The van der Waals surface area contributed by atoms with Crippen LogP contribution in [-0.4, -0.2) is 53.8 Å². The highest BCUT2D eigenvalue weighted by Gasteiger charge is 2.42. The van der Waals surface area contributed by atoms with E-state index in [2.05, 4.69) is 25.7 Å². The number of carbonyl (C=O) groups is 1. The molecule has 3 aliphatic rings. The Balaban J connectivity index is 1.48. The van der Waals surface area contributed by atoms with Gasteiger partial charge in [-0.2, -0.15) is 0 Å². The fourth-order valence-corrected chi connectivity index (χ4v) is 6.34. The first-order valence-corrected chi connectivity index (χ1v) is 12.7. The minimum Gasteiger partial charge on any atom is -0.384 e. The maximum absolute atomic E-state index is 13.4. The van der Waals surface area contributed by atoms with Crippen LogP contribution in [0.2, 0.25) is 0 Å². The smallest absolute Gasteiger partial charge is 0.249 e. The fourth-order valence-electron chi connectivity index (χ4n) is 4.43. The van der Waals surface area contributed by atoms with E-state index in [1.807, 2.05) is 0 Å². The van der Waals surface area contributed by atoms with Gasteiger partial charge in [0.25, 0.3) is 0 Å². The lowest BCUT2D eigenvalue weighted by Gasteiger charge is -2.32. The first-order chi connectivity index (χ1) is 15.9. The van der Waals surface area contributed by atoms with Gasteiger partial charge >= 0.3 is 0 Å². The number of aromatic nitrogens is 3. The first-order valence-electron chi connectivity index (χ1n) is 11.1.